The number of hydrogen-bond acceptors (Lipinski definition) is 5. The van der Waals surface area contributed by atoms with Gasteiger partial charge in [0.2, 0.25) is 0 Å². The van der Waals surface area contributed by atoms with Gasteiger partial charge in [-0.25, -0.2) is 4.79 Å². The van der Waals surface area contributed by atoms with E-state index in [9.17, 15) is 4.79 Å². The third-order valence-electron chi connectivity index (χ3n) is 7.09. The molecule has 0 fully saturated rings. The van der Waals surface area contributed by atoms with Gasteiger partial charge in [0.25, 0.3) is 0 Å². The van der Waals surface area contributed by atoms with Gasteiger partial charge in [0.15, 0.2) is 0 Å². The Morgan fingerprint density at radius 3 is 2.25 bits per heavy atom. The highest BCUT2D eigenvalue weighted by atomic mass is 16.5. The van der Waals surface area contributed by atoms with E-state index in [0.29, 0.717) is 12.2 Å². The molecule has 0 aliphatic heterocycles. The van der Waals surface area contributed by atoms with Crippen molar-refractivity contribution in [2.45, 2.75) is 64.7 Å². The van der Waals surface area contributed by atoms with E-state index in [4.69, 9.17) is 14.2 Å². The smallest absolute Gasteiger partial charge is 0.337 e. The number of benzene rings is 3. The summed E-state index contributed by atoms with van der Waals surface area (Å²) in [6, 6.07) is 26.8. The summed E-state index contributed by atoms with van der Waals surface area (Å²) in [5.74, 6) is 0.489. The number of carbonyl (C=O) groups is 1. The van der Waals surface area contributed by atoms with Gasteiger partial charge in [-0.05, 0) is 59.2 Å². The minimum atomic E-state index is -0.324. The summed E-state index contributed by atoms with van der Waals surface area (Å²) in [4.78, 5) is 14.3. The molecular formula is C35H45NO4. The van der Waals surface area contributed by atoms with Crippen LogP contribution in [0.5, 0.6) is 0 Å². The van der Waals surface area contributed by atoms with E-state index in [0.717, 1.165) is 55.8 Å². The number of ether oxygens (including phenoxy) is 3. The maximum absolute atomic E-state index is 11.9. The molecule has 3 aromatic carbocycles. The van der Waals surface area contributed by atoms with Crippen LogP contribution in [0.1, 0.15) is 78.7 Å². The molecule has 0 radical (unpaired) electrons. The van der Waals surface area contributed by atoms with Crippen LogP contribution in [0.2, 0.25) is 0 Å². The maximum Gasteiger partial charge on any atom is 0.337 e. The molecule has 1 atom stereocenters. The van der Waals surface area contributed by atoms with Crippen molar-refractivity contribution < 1.29 is 19.0 Å². The molecule has 0 amide bonds. The van der Waals surface area contributed by atoms with Crippen molar-refractivity contribution in [1.82, 2.24) is 4.90 Å². The molecule has 0 aromatic heterocycles. The summed E-state index contributed by atoms with van der Waals surface area (Å²) < 4.78 is 16.8. The molecule has 0 saturated heterocycles. The van der Waals surface area contributed by atoms with Gasteiger partial charge >= 0.3 is 5.97 Å². The molecule has 3 aromatic rings. The number of nitrogens with zero attached hydrogens (tertiary/aromatic N) is 1. The first-order valence-corrected chi connectivity index (χ1v) is 14.1. The second-order valence-corrected chi connectivity index (χ2v) is 11.3. The van der Waals surface area contributed by atoms with Gasteiger partial charge in [-0.1, -0.05) is 94.1 Å². The lowest BCUT2D eigenvalue weighted by Crippen LogP contribution is -2.30. The summed E-state index contributed by atoms with van der Waals surface area (Å²) >= 11 is 0. The Morgan fingerprint density at radius 2 is 1.60 bits per heavy atom. The largest absolute Gasteiger partial charge is 0.502 e. The highest BCUT2D eigenvalue weighted by molar-refractivity contribution is 5.89. The first kappa shape index (κ1) is 31.1. The van der Waals surface area contributed by atoms with Crippen molar-refractivity contribution in [3.8, 4) is 0 Å². The van der Waals surface area contributed by atoms with Crippen molar-refractivity contribution in [3.05, 3.63) is 119 Å². The van der Waals surface area contributed by atoms with Crippen molar-refractivity contribution in [2.24, 2.45) is 0 Å². The molecule has 0 bridgehead atoms. The van der Waals surface area contributed by atoms with Crippen LogP contribution >= 0.6 is 0 Å². The molecule has 5 heteroatoms. The number of methoxy groups -OCH3 is 2. The van der Waals surface area contributed by atoms with Gasteiger partial charge in [0.05, 0.1) is 38.3 Å². The van der Waals surface area contributed by atoms with Crippen LogP contribution in [-0.2, 0) is 32.8 Å². The molecule has 1 unspecified atom stereocenters. The lowest BCUT2D eigenvalue weighted by Gasteiger charge is -2.28. The quantitative estimate of drug-likeness (QED) is 0.111. The monoisotopic (exact) mass is 543 g/mol. The van der Waals surface area contributed by atoms with Gasteiger partial charge in [-0.2, -0.15) is 0 Å². The molecule has 0 aliphatic rings. The summed E-state index contributed by atoms with van der Waals surface area (Å²) in [6.45, 7) is 13.6. The highest BCUT2D eigenvalue weighted by Gasteiger charge is 2.19. The van der Waals surface area contributed by atoms with Gasteiger partial charge in [-0.15, -0.1) is 0 Å². The maximum atomic E-state index is 11.9. The molecule has 0 saturated carbocycles. The number of hydrogen-bond donors (Lipinski definition) is 0. The predicted molar refractivity (Wildman–Crippen MR) is 162 cm³/mol. The fourth-order valence-corrected chi connectivity index (χ4v) is 4.60. The lowest BCUT2D eigenvalue weighted by molar-refractivity contribution is 0.0115. The molecule has 214 valence electrons. The zero-order valence-corrected chi connectivity index (χ0v) is 24.8. The van der Waals surface area contributed by atoms with E-state index in [1.807, 2.05) is 30.3 Å². The summed E-state index contributed by atoms with van der Waals surface area (Å²) in [5.41, 5.74) is 5.42. The van der Waals surface area contributed by atoms with Crippen molar-refractivity contribution in [3.63, 3.8) is 0 Å². The first-order valence-electron chi connectivity index (χ1n) is 14.1. The second kappa shape index (κ2) is 15.4. The molecule has 3 rings (SSSR count). The average Bonchev–Trinajstić information content (AvgIpc) is 2.97. The number of allylic oxidation sites excluding steroid dienone is 1. The van der Waals surface area contributed by atoms with E-state index in [2.05, 4.69) is 80.8 Å². The van der Waals surface area contributed by atoms with Crippen LogP contribution in [0.15, 0.2) is 91.2 Å². The Morgan fingerprint density at radius 1 is 0.875 bits per heavy atom. The first-order chi connectivity index (χ1) is 19.2. The van der Waals surface area contributed by atoms with E-state index in [-0.39, 0.29) is 17.5 Å². The Kier molecular flexibility index (Phi) is 12.0. The second-order valence-electron chi connectivity index (χ2n) is 11.3. The average molecular weight is 544 g/mol. The summed E-state index contributed by atoms with van der Waals surface area (Å²) in [7, 11) is 3.07. The molecule has 0 N–H and O–H groups in total. The minimum Gasteiger partial charge on any atom is -0.502 e. The Bertz CT molecular complexity index is 1200. The topological polar surface area (TPSA) is 48.0 Å². The predicted octanol–water partition coefficient (Wildman–Crippen LogP) is 7.86. The fourth-order valence-electron chi connectivity index (χ4n) is 4.60. The van der Waals surface area contributed by atoms with Crippen molar-refractivity contribution in [1.29, 1.82) is 0 Å². The Labute approximate surface area is 240 Å². The van der Waals surface area contributed by atoms with Crippen LogP contribution in [0.4, 0.5) is 0 Å². The normalized spacial score (nSPS) is 12.2. The molecule has 5 nitrogen and oxygen atoms in total. The molecule has 0 aliphatic carbocycles. The van der Waals surface area contributed by atoms with Crippen LogP contribution in [-0.4, -0.2) is 38.2 Å². The standard InChI is InChI=1S/C35H45NO4/c1-27(38-5)13-10-11-22-36(24-28-18-20-31(21-19-28)34(37)39-6)25-33(30-15-8-7-9-16-30)40-26-29-14-12-17-32(23-29)35(2,3)4/h7-9,12,14-21,23,33H,1,10-11,13,22,24-26H2,2-6H3. The number of unbranched alkanes of at least 4 members (excludes halogenated alkanes) is 1. The zero-order valence-electron chi connectivity index (χ0n) is 24.8. The van der Waals surface area contributed by atoms with E-state index < -0.39 is 0 Å². The Balaban J connectivity index is 1.78. The fraction of sp³-hybridized carbons (Fsp3) is 0.400. The SMILES string of the molecule is C=C(CCCCN(Cc1ccc(C(=O)OC)cc1)CC(OCc1cccc(C(C)(C)C)c1)c1ccccc1)OC. The number of rotatable bonds is 15. The van der Waals surface area contributed by atoms with Crippen molar-refractivity contribution >= 4 is 5.97 Å². The van der Waals surface area contributed by atoms with Gasteiger partial charge in [0.1, 0.15) is 0 Å². The minimum absolute atomic E-state index is 0.0865. The van der Waals surface area contributed by atoms with Crippen LogP contribution in [0.3, 0.4) is 0 Å². The molecular weight excluding hydrogens is 498 g/mol. The van der Waals surface area contributed by atoms with Gasteiger partial charge < -0.3 is 14.2 Å². The summed E-state index contributed by atoms with van der Waals surface area (Å²) in [5, 5.41) is 0. The van der Waals surface area contributed by atoms with E-state index in [1.54, 1.807) is 7.11 Å². The number of carbonyl (C=O) groups excluding carboxylic acids is 1. The highest BCUT2D eigenvalue weighted by Crippen LogP contribution is 2.26. The summed E-state index contributed by atoms with van der Waals surface area (Å²) in [6.07, 6.45) is 2.77. The lowest BCUT2D eigenvalue weighted by atomic mass is 9.86. The van der Waals surface area contributed by atoms with Crippen LogP contribution in [0.25, 0.3) is 0 Å². The molecule has 0 spiro atoms. The molecule has 0 heterocycles. The van der Waals surface area contributed by atoms with Crippen LogP contribution < -0.4 is 0 Å². The Hall–Kier alpha value is -3.41. The van der Waals surface area contributed by atoms with Crippen molar-refractivity contribution in [2.75, 3.05) is 27.3 Å². The van der Waals surface area contributed by atoms with Crippen LogP contribution in [0, 0.1) is 0 Å². The third kappa shape index (κ3) is 9.96. The van der Waals surface area contributed by atoms with Gasteiger partial charge in [0, 0.05) is 19.5 Å². The number of esters is 1. The molecule has 40 heavy (non-hydrogen) atoms. The zero-order chi connectivity index (χ0) is 29.0. The third-order valence-corrected chi connectivity index (χ3v) is 7.09. The van der Waals surface area contributed by atoms with E-state index >= 15 is 0 Å². The van der Waals surface area contributed by atoms with E-state index in [1.165, 1.54) is 18.2 Å². The van der Waals surface area contributed by atoms with Gasteiger partial charge in [-0.3, -0.25) is 4.90 Å².